The van der Waals surface area contributed by atoms with E-state index in [-0.39, 0.29) is 17.7 Å². The Bertz CT molecular complexity index is 219. The molecule has 0 rings (SSSR count). The van der Waals surface area contributed by atoms with Crippen LogP contribution in [0.1, 0.15) is 48.5 Å². The lowest BCUT2D eigenvalue weighted by atomic mass is 10.1. The van der Waals surface area contributed by atoms with E-state index in [1.54, 1.807) is 0 Å². The van der Waals surface area contributed by atoms with Crippen LogP contribution in [0.3, 0.4) is 0 Å². The van der Waals surface area contributed by atoms with E-state index in [1.807, 2.05) is 48.5 Å². The van der Waals surface area contributed by atoms with Gasteiger partial charge in [0.05, 0.1) is 12.2 Å². The number of rotatable bonds is 5. The molecule has 4 nitrogen and oxygen atoms in total. The topological polar surface area (TPSA) is 47.6 Å². The van der Waals surface area contributed by atoms with Crippen molar-refractivity contribution in [1.29, 1.82) is 0 Å². The lowest BCUT2D eigenvalue weighted by Gasteiger charge is -2.29. The van der Waals surface area contributed by atoms with Crippen molar-refractivity contribution in [2.24, 2.45) is 0 Å². The summed E-state index contributed by atoms with van der Waals surface area (Å²) in [5.41, 5.74) is -0.306. The van der Waals surface area contributed by atoms with E-state index in [0.717, 1.165) is 0 Å². The SMILES string of the molecule is CC(C)OP(=O)(NC(C)(C)C)OC(C)C. The summed E-state index contributed by atoms with van der Waals surface area (Å²) in [6.45, 7) is 13.1. The van der Waals surface area contributed by atoms with Crippen LogP contribution in [0.5, 0.6) is 0 Å². The van der Waals surface area contributed by atoms with E-state index in [9.17, 15) is 4.57 Å². The van der Waals surface area contributed by atoms with E-state index in [0.29, 0.717) is 0 Å². The molecule has 0 radical (unpaired) electrons. The first-order valence-corrected chi connectivity index (χ1v) is 6.84. The van der Waals surface area contributed by atoms with Gasteiger partial charge in [0.2, 0.25) is 0 Å². The fourth-order valence-corrected chi connectivity index (χ4v) is 3.13. The molecule has 92 valence electrons. The summed E-state index contributed by atoms with van der Waals surface area (Å²) in [6.07, 6.45) is -0.270. The maximum Gasteiger partial charge on any atom is 0.406 e. The van der Waals surface area contributed by atoms with Crippen LogP contribution in [-0.4, -0.2) is 17.7 Å². The van der Waals surface area contributed by atoms with Gasteiger partial charge in [-0.25, -0.2) is 9.65 Å². The van der Waals surface area contributed by atoms with Gasteiger partial charge in [-0.2, -0.15) is 0 Å². The summed E-state index contributed by atoms with van der Waals surface area (Å²) in [5, 5.41) is 2.91. The number of hydrogen-bond acceptors (Lipinski definition) is 3. The Morgan fingerprint density at radius 1 is 1.00 bits per heavy atom. The highest BCUT2D eigenvalue weighted by Gasteiger charge is 2.32. The summed E-state index contributed by atoms with van der Waals surface area (Å²) in [7, 11) is -3.20. The minimum atomic E-state index is -3.20. The van der Waals surface area contributed by atoms with Gasteiger partial charge in [-0.05, 0) is 48.5 Å². The van der Waals surface area contributed by atoms with Gasteiger partial charge in [-0.15, -0.1) is 0 Å². The van der Waals surface area contributed by atoms with Crippen LogP contribution in [0.4, 0.5) is 0 Å². The fraction of sp³-hybridized carbons (Fsp3) is 1.00. The maximum absolute atomic E-state index is 12.3. The molecule has 0 unspecified atom stereocenters. The minimum absolute atomic E-state index is 0.135. The smallest absolute Gasteiger partial charge is 0.294 e. The van der Waals surface area contributed by atoms with Crippen LogP contribution in [0.2, 0.25) is 0 Å². The molecule has 0 aromatic heterocycles. The van der Waals surface area contributed by atoms with E-state index in [1.165, 1.54) is 0 Å². The monoisotopic (exact) mass is 237 g/mol. The molecule has 0 aromatic carbocycles. The van der Waals surface area contributed by atoms with Crippen LogP contribution >= 0.6 is 7.75 Å². The van der Waals surface area contributed by atoms with Crippen LogP contribution in [-0.2, 0) is 13.6 Å². The molecule has 0 fully saturated rings. The van der Waals surface area contributed by atoms with Gasteiger partial charge in [-0.3, -0.25) is 9.05 Å². The van der Waals surface area contributed by atoms with Crippen molar-refractivity contribution in [1.82, 2.24) is 5.09 Å². The summed E-state index contributed by atoms with van der Waals surface area (Å²) in [4.78, 5) is 0. The van der Waals surface area contributed by atoms with Gasteiger partial charge >= 0.3 is 7.75 Å². The fourth-order valence-electron chi connectivity index (χ4n) is 1.04. The van der Waals surface area contributed by atoms with Gasteiger partial charge in [0.1, 0.15) is 0 Å². The average Bonchev–Trinajstić information content (AvgIpc) is 1.73. The summed E-state index contributed by atoms with van der Waals surface area (Å²) < 4.78 is 23.0. The molecular formula is C10H24NO3P. The van der Waals surface area contributed by atoms with Crippen LogP contribution < -0.4 is 5.09 Å². The molecule has 0 bridgehead atoms. The third kappa shape index (κ3) is 7.97. The van der Waals surface area contributed by atoms with E-state index >= 15 is 0 Å². The molecule has 0 aliphatic rings. The normalized spacial score (nSPS) is 13.9. The second kappa shape index (κ2) is 5.44. The highest BCUT2D eigenvalue weighted by Crippen LogP contribution is 2.47. The highest BCUT2D eigenvalue weighted by molar-refractivity contribution is 7.51. The molecule has 0 aliphatic carbocycles. The Morgan fingerprint density at radius 2 is 1.33 bits per heavy atom. The molecule has 0 heterocycles. The Kier molecular flexibility index (Phi) is 5.48. The molecule has 0 aromatic rings. The summed E-state index contributed by atoms with van der Waals surface area (Å²) in [6, 6.07) is 0. The van der Waals surface area contributed by atoms with Gasteiger partial charge in [0.15, 0.2) is 0 Å². The largest absolute Gasteiger partial charge is 0.406 e. The molecule has 0 saturated carbocycles. The lowest BCUT2D eigenvalue weighted by Crippen LogP contribution is -2.35. The molecule has 0 atom stereocenters. The first-order chi connectivity index (χ1) is 6.54. The van der Waals surface area contributed by atoms with Crippen molar-refractivity contribution in [3.05, 3.63) is 0 Å². The van der Waals surface area contributed by atoms with Crippen molar-refractivity contribution >= 4 is 7.75 Å². The van der Waals surface area contributed by atoms with Gasteiger partial charge in [0, 0.05) is 5.54 Å². The first-order valence-electron chi connectivity index (χ1n) is 5.30. The van der Waals surface area contributed by atoms with Crippen molar-refractivity contribution in [2.45, 2.75) is 66.2 Å². The molecule has 0 spiro atoms. The van der Waals surface area contributed by atoms with Crippen LogP contribution in [0, 0.1) is 0 Å². The lowest BCUT2D eigenvalue weighted by molar-refractivity contribution is 0.130. The molecule has 1 N–H and O–H groups in total. The van der Waals surface area contributed by atoms with Crippen molar-refractivity contribution < 1.29 is 13.6 Å². The van der Waals surface area contributed by atoms with Crippen LogP contribution in [0.25, 0.3) is 0 Å². The van der Waals surface area contributed by atoms with Crippen molar-refractivity contribution in [3.63, 3.8) is 0 Å². The Morgan fingerprint density at radius 3 is 1.53 bits per heavy atom. The predicted octanol–water partition coefficient (Wildman–Crippen LogP) is 3.33. The summed E-state index contributed by atoms with van der Waals surface area (Å²) >= 11 is 0. The van der Waals surface area contributed by atoms with Crippen molar-refractivity contribution in [2.75, 3.05) is 0 Å². The third-order valence-corrected chi connectivity index (χ3v) is 3.51. The van der Waals surface area contributed by atoms with Crippen LogP contribution in [0.15, 0.2) is 0 Å². The number of hydrogen-bond donors (Lipinski definition) is 1. The van der Waals surface area contributed by atoms with Gasteiger partial charge < -0.3 is 0 Å². The zero-order valence-electron chi connectivity index (χ0n) is 10.8. The molecule has 5 heteroatoms. The highest BCUT2D eigenvalue weighted by atomic mass is 31.2. The van der Waals surface area contributed by atoms with Gasteiger partial charge in [-0.1, -0.05) is 0 Å². The molecule has 15 heavy (non-hydrogen) atoms. The molecular weight excluding hydrogens is 213 g/mol. The summed E-state index contributed by atoms with van der Waals surface area (Å²) in [5.74, 6) is 0. The predicted molar refractivity (Wildman–Crippen MR) is 62.9 cm³/mol. The molecule has 0 aliphatic heterocycles. The maximum atomic E-state index is 12.3. The average molecular weight is 237 g/mol. The number of nitrogens with one attached hydrogen (secondary N) is 1. The van der Waals surface area contributed by atoms with E-state index < -0.39 is 7.75 Å². The third-order valence-electron chi connectivity index (χ3n) is 1.17. The Labute approximate surface area is 93.3 Å². The van der Waals surface area contributed by atoms with E-state index in [4.69, 9.17) is 9.05 Å². The zero-order valence-corrected chi connectivity index (χ0v) is 11.7. The Balaban J connectivity index is 4.63. The standard InChI is InChI=1S/C10H24NO3P/c1-8(2)13-15(12,14-9(3)4)11-10(5,6)7/h8-9H,1-7H3,(H,11,12). The first kappa shape index (κ1) is 15.1. The molecule has 0 amide bonds. The second-order valence-corrected chi connectivity index (χ2v) is 6.81. The van der Waals surface area contributed by atoms with E-state index in [2.05, 4.69) is 5.09 Å². The zero-order chi connectivity index (χ0) is 12.3. The van der Waals surface area contributed by atoms with Crippen molar-refractivity contribution in [3.8, 4) is 0 Å². The quantitative estimate of drug-likeness (QED) is 0.745. The second-order valence-electron chi connectivity index (χ2n) is 5.17. The van der Waals surface area contributed by atoms with Gasteiger partial charge in [0.25, 0.3) is 0 Å². The minimum Gasteiger partial charge on any atom is -0.294 e. The Hall–Kier alpha value is 0.110. The molecule has 0 saturated heterocycles.